The zero-order chi connectivity index (χ0) is 13.8. The van der Waals surface area contributed by atoms with Crippen molar-refractivity contribution in [3.8, 4) is 0 Å². The summed E-state index contributed by atoms with van der Waals surface area (Å²) in [6.07, 6.45) is -0.667. The van der Waals surface area contributed by atoms with Crippen LogP contribution in [0.4, 0.5) is 10.5 Å². The Morgan fingerprint density at radius 1 is 1.37 bits per heavy atom. The largest absolute Gasteiger partial charge is 0.450 e. The molecule has 0 spiro atoms. The molecule has 0 saturated carbocycles. The van der Waals surface area contributed by atoms with Crippen LogP contribution in [-0.4, -0.2) is 18.6 Å². The highest BCUT2D eigenvalue weighted by atomic mass is 16.5. The van der Waals surface area contributed by atoms with Crippen molar-refractivity contribution in [1.82, 2.24) is 5.43 Å². The van der Waals surface area contributed by atoms with Gasteiger partial charge < -0.3 is 9.15 Å². The molecule has 0 aliphatic heterocycles. The van der Waals surface area contributed by atoms with E-state index in [0.717, 1.165) is 0 Å². The Hall–Kier alpha value is -2.54. The van der Waals surface area contributed by atoms with Gasteiger partial charge in [-0.3, -0.25) is 15.5 Å². The van der Waals surface area contributed by atoms with Crippen LogP contribution in [0.5, 0.6) is 0 Å². The van der Waals surface area contributed by atoms with Gasteiger partial charge in [-0.15, -0.1) is 0 Å². The lowest BCUT2D eigenvalue weighted by atomic mass is 10.2. The quantitative estimate of drug-likeness (QED) is 0.443. The van der Waals surface area contributed by atoms with Crippen molar-refractivity contribution < 1.29 is 18.7 Å². The predicted octanol–water partition coefficient (Wildman–Crippen LogP) is 1.60. The number of hydrogen-bond acceptors (Lipinski definition) is 5. The number of hydrazine groups is 1. The first-order chi connectivity index (χ1) is 9.17. The molecule has 1 aromatic carbocycles. The highest BCUT2D eigenvalue weighted by Gasteiger charge is 2.21. The van der Waals surface area contributed by atoms with Gasteiger partial charge in [0, 0.05) is 5.39 Å². The molecule has 7 nitrogen and oxygen atoms in total. The molecule has 100 valence electrons. The molecule has 1 heterocycles. The van der Waals surface area contributed by atoms with Crippen molar-refractivity contribution in [2.24, 2.45) is 5.84 Å². The number of nitrogens with one attached hydrogen (secondary N) is 2. The van der Waals surface area contributed by atoms with Gasteiger partial charge in [0.25, 0.3) is 0 Å². The summed E-state index contributed by atoms with van der Waals surface area (Å²) < 4.78 is 10.1. The molecule has 0 aliphatic carbocycles. The smallest absolute Gasteiger partial charge is 0.411 e. The van der Waals surface area contributed by atoms with Crippen LogP contribution in [0.1, 0.15) is 17.5 Å². The maximum Gasteiger partial charge on any atom is 0.411 e. The summed E-state index contributed by atoms with van der Waals surface area (Å²) in [5.41, 5.74) is 2.66. The van der Waals surface area contributed by atoms with E-state index in [1.807, 2.05) is 5.43 Å². The Morgan fingerprint density at radius 3 is 2.79 bits per heavy atom. The van der Waals surface area contributed by atoms with E-state index in [-0.39, 0.29) is 18.1 Å². The molecule has 0 fully saturated rings. The fourth-order valence-corrected chi connectivity index (χ4v) is 1.66. The molecule has 0 unspecified atom stereocenters. The first kappa shape index (κ1) is 12.9. The number of hydrogen-bond donors (Lipinski definition) is 3. The van der Waals surface area contributed by atoms with E-state index in [0.29, 0.717) is 11.0 Å². The highest BCUT2D eigenvalue weighted by molar-refractivity contribution is 6.09. The number of nitrogens with two attached hydrogens (primary N) is 1. The number of amides is 2. The van der Waals surface area contributed by atoms with Gasteiger partial charge in [0.05, 0.1) is 6.61 Å². The van der Waals surface area contributed by atoms with Crippen molar-refractivity contribution in [3.05, 3.63) is 30.0 Å². The van der Waals surface area contributed by atoms with Crippen LogP contribution >= 0.6 is 0 Å². The van der Waals surface area contributed by atoms with Crippen molar-refractivity contribution in [2.75, 3.05) is 11.9 Å². The number of rotatable bonds is 3. The van der Waals surface area contributed by atoms with E-state index in [4.69, 9.17) is 15.0 Å². The van der Waals surface area contributed by atoms with Crippen LogP contribution in [0.15, 0.2) is 28.7 Å². The fourth-order valence-electron chi connectivity index (χ4n) is 1.66. The van der Waals surface area contributed by atoms with Gasteiger partial charge in [-0.1, -0.05) is 12.1 Å². The molecule has 0 aliphatic rings. The second-order valence-corrected chi connectivity index (χ2v) is 3.62. The minimum Gasteiger partial charge on any atom is -0.450 e. The average Bonchev–Trinajstić information content (AvgIpc) is 2.77. The number of ether oxygens (including phenoxy) is 1. The molecule has 0 radical (unpaired) electrons. The van der Waals surface area contributed by atoms with Gasteiger partial charge in [-0.2, -0.15) is 0 Å². The Morgan fingerprint density at radius 2 is 2.11 bits per heavy atom. The molecule has 2 rings (SSSR count). The van der Waals surface area contributed by atoms with E-state index >= 15 is 0 Å². The molecule has 2 aromatic rings. The average molecular weight is 263 g/mol. The number of furan rings is 1. The first-order valence-corrected chi connectivity index (χ1v) is 5.63. The van der Waals surface area contributed by atoms with Gasteiger partial charge >= 0.3 is 12.0 Å². The maximum absolute atomic E-state index is 11.6. The number of fused-ring (bicyclic) bond motifs is 1. The third kappa shape index (κ3) is 2.50. The van der Waals surface area contributed by atoms with Crippen LogP contribution in [-0.2, 0) is 4.74 Å². The van der Waals surface area contributed by atoms with Gasteiger partial charge in [-0.05, 0) is 19.1 Å². The molecule has 1 aromatic heterocycles. The summed E-state index contributed by atoms with van der Waals surface area (Å²) in [7, 11) is 0. The minimum atomic E-state index is -0.667. The maximum atomic E-state index is 11.6. The molecule has 7 heteroatoms. The topological polar surface area (TPSA) is 107 Å². The lowest BCUT2D eigenvalue weighted by Crippen LogP contribution is -2.30. The molecule has 2 amide bonds. The summed E-state index contributed by atoms with van der Waals surface area (Å²) in [4.78, 5) is 23.1. The molecule has 19 heavy (non-hydrogen) atoms. The standard InChI is InChI=1S/C12H13N3O4/c1-2-18-12(17)14-9-7-5-3-4-6-8(7)19-10(9)11(16)15-13/h3-6H,2,13H2,1H3,(H,14,17)(H,15,16). The lowest BCUT2D eigenvalue weighted by molar-refractivity contribution is 0.0929. The summed E-state index contributed by atoms with van der Waals surface area (Å²) in [6, 6.07) is 6.91. The second kappa shape index (κ2) is 5.40. The van der Waals surface area contributed by atoms with Crippen LogP contribution < -0.4 is 16.6 Å². The van der Waals surface area contributed by atoms with E-state index < -0.39 is 12.0 Å². The molecule has 0 bridgehead atoms. The van der Waals surface area contributed by atoms with Gasteiger partial charge in [0.15, 0.2) is 0 Å². The third-order valence-electron chi connectivity index (χ3n) is 2.44. The Labute approximate surface area is 108 Å². The number of carbonyl (C=O) groups is 2. The number of benzene rings is 1. The van der Waals surface area contributed by atoms with Gasteiger partial charge in [-0.25, -0.2) is 10.6 Å². The Bertz CT molecular complexity index is 620. The number of para-hydroxylation sites is 1. The van der Waals surface area contributed by atoms with Crippen molar-refractivity contribution in [1.29, 1.82) is 0 Å². The number of carbonyl (C=O) groups excluding carboxylic acids is 2. The SMILES string of the molecule is CCOC(=O)Nc1c(C(=O)NN)oc2ccccc12. The normalized spacial score (nSPS) is 10.2. The summed E-state index contributed by atoms with van der Waals surface area (Å²) >= 11 is 0. The van der Waals surface area contributed by atoms with Gasteiger partial charge in [0.1, 0.15) is 11.3 Å². The molecule has 4 N–H and O–H groups in total. The number of nitrogen functional groups attached to an aromatic ring is 1. The van der Waals surface area contributed by atoms with Crippen molar-refractivity contribution in [2.45, 2.75) is 6.92 Å². The zero-order valence-corrected chi connectivity index (χ0v) is 10.2. The molecular weight excluding hydrogens is 250 g/mol. The second-order valence-electron chi connectivity index (χ2n) is 3.62. The monoisotopic (exact) mass is 263 g/mol. The van der Waals surface area contributed by atoms with E-state index in [1.54, 1.807) is 31.2 Å². The minimum absolute atomic E-state index is 0.0725. The molecular formula is C12H13N3O4. The zero-order valence-electron chi connectivity index (χ0n) is 10.2. The van der Waals surface area contributed by atoms with Crippen molar-refractivity contribution >= 4 is 28.7 Å². The third-order valence-corrected chi connectivity index (χ3v) is 2.44. The Balaban J connectivity index is 2.48. The van der Waals surface area contributed by atoms with Crippen LogP contribution in [0.3, 0.4) is 0 Å². The van der Waals surface area contributed by atoms with E-state index in [2.05, 4.69) is 5.32 Å². The van der Waals surface area contributed by atoms with Crippen LogP contribution in [0, 0.1) is 0 Å². The summed E-state index contributed by atoms with van der Waals surface area (Å²) in [5.74, 6) is 4.37. The molecule has 0 atom stereocenters. The van der Waals surface area contributed by atoms with Crippen LogP contribution in [0.2, 0.25) is 0 Å². The Kier molecular flexibility index (Phi) is 3.67. The number of anilines is 1. The summed E-state index contributed by atoms with van der Waals surface area (Å²) in [6.45, 7) is 1.90. The van der Waals surface area contributed by atoms with Crippen LogP contribution in [0.25, 0.3) is 11.0 Å². The lowest BCUT2D eigenvalue weighted by Gasteiger charge is -2.05. The predicted molar refractivity (Wildman–Crippen MR) is 68.5 cm³/mol. The van der Waals surface area contributed by atoms with Gasteiger partial charge in [0.2, 0.25) is 5.76 Å². The first-order valence-electron chi connectivity index (χ1n) is 5.63. The van der Waals surface area contributed by atoms with E-state index in [1.165, 1.54) is 0 Å². The van der Waals surface area contributed by atoms with E-state index in [9.17, 15) is 9.59 Å². The highest BCUT2D eigenvalue weighted by Crippen LogP contribution is 2.30. The molecule has 0 saturated heterocycles. The fraction of sp³-hybridized carbons (Fsp3) is 0.167. The summed E-state index contributed by atoms with van der Waals surface area (Å²) in [5, 5.41) is 3.07. The van der Waals surface area contributed by atoms with Crippen molar-refractivity contribution in [3.63, 3.8) is 0 Å².